The van der Waals surface area contributed by atoms with Gasteiger partial charge in [-0.3, -0.25) is 14.9 Å². The van der Waals surface area contributed by atoms with E-state index >= 15 is 0 Å². The maximum Gasteiger partial charge on any atom is 0.343 e. The van der Waals surface area contributed by atoms with Gasteiger partial charge in [0.1, 0.15) is 0 Å². The number of rotatable bonds is 8. The lowest BCUT2D eigenvalue weighted by molar-refractivity contribution is -0.384. The number of hydrogen-bond acceptors (Lipinski definition) is 8. The van der Waals surface area contributed by atoms with Crippen molar-refractivity contribution in [1.82, 2.24) is 9.66 Å². The number of aryl methyl sites for hydroxylation is 1. The quantitative estimate of drug-likeness (QED) is 0.0791. The third kappa shape index (κ3) is 5.86. The zero-order valence-electron chi connectivity index (χ0n) is 22.2. The van der Waals surface area contributed by atoms with Crippen LogP contribution in [-0.4, -0.2) is 33.4 Å². The van der Waals surface area contributed by atoms with Crippen LogP contribution < -0.4 is 15.0 Å². The molecule has 1 aromatic heterocycles. The Morgan fingerprint density at radius 3 is 2.51 bits per heavy atom. The molecule has 0 amide bonds. The highest BCUT2D eigenvalue weighted by molar-refractivity contribution is 5.92. The average molecular weight is 549 g/mol. The van der Waals surface area contributed by atoms with E-state index in [1.807, 2.05) is 19.9 Å². The minimum Gasteiger partial charge on any atom is -0.490 e. The van der Waals surface area contributed by atoms with E-state index < -0.39 is 16.5 Å². The molecule has 10 heteroatoms. The van der Waals surface area contributed by atoms with Crippen molar-refractivity contribution in [3.05, 3.63) is 128 Å². The second-order valence-electron chi connectivity index (χ2n) is 9.02. The number of nitro benzene ring substituents is 1. The second kappa shape index (κ2) is 11.6. The first-order valence-electron chi connectivity index (χ1n) is 12.7. The lowest BCUT2D eigenvalue weighted by Crippen LogP contribution is -2.20. The van der Waals surface area contributed by atoms with E-state index in [1.165, 1.54) is 30.5 Å². The Labute approximate surface area is 234 Å². The zero-order chi connectivity index (χ0) is 28.9. The number of benzene rings is 4. The van der Waals surface area contributed by atoms with Crippen molar-refractivity contribution >= 4 is 28.8 Å². The van der Waals surface area contributed by atoms with Gasteiger partial charge in [-0.2, -0.15) is 9.78 Å². The van der Waals surface area contributed by atoms with E-state index in [0.29, 0.717) is 39.9 Å². The molecule has 0 bridgehead atoms. The molecule has 0 unspecified atom stereocenters. The summed E-state index contributed by atoms with van der Waals surface area (Å²) in [6, 6.07) is 24.6. The Balaban J connectivity index is 1.52. The molecular formula is C31H24N4O6. The number of fused-ring (bicyclic) bond motifs is 1. The maximum absolute atomic E-state index is 13.4. The number of carbonyl (C=O) groups excluding carboxylic acids is 1. The van der Waals surface area contributed by atoms with Crippen LogP contribution in [0.5, 0.6) is 11.5 Å². The summed E-state index contributed by atoms with van der Waals surface area (Å²) >= 11 is 0. The third-order valence-corrected chi connectivity index (χ3v) is 6.14. The summed E-state index contributed by atoms with van der Waals surface area (Å²) in [7, 11) is 0. The normalized spacial score (nSPS) is 11.1. The van der Waals surface area contributed by atoms with Gasteiger partial charge in [0.15, 0.2) is 17.3 Å². The molecule has 0 N–H and O–H groups in total. The van der Waals surface area contributed by atoms with E-state index in [1.54, 1.807) is 60.7 Å². The van der Waals surface area contributed by atoms with Crippen molar-refractivity contribution in [2.75, 3.05) is 6.61 Å². The minimum atomic E-state index is -0.516. The predicted molar refractivity (Wildman–Crippen MR) is 155 cm³/mol. The number of nitrogens with zero attached hydrogens (tertiary/aromatic N) is 4. The van der Waals surface area contributed by atoms with Crippen LogP contribution in [0.15, 0.2) is 101 Å². The van der Waals surface area contributed by atoms with E-state index in [-0.39, 0.29) is 17.3 Å². The van der Waals surface area contributed by atoms with E-state index in [0.717, 1.165) is 10.2 Å². The number of nitro groups is 1. The molecule has 204 valence electrons. The Hall–Kier alpha value is -5.64. The number of hydrogen-bond donors (Lipinski definition) is 0. The van der Waals surface area contributed by atoms with Gasteiger partial charge in [0, 0.05) is 17.7 Å². The van der Waals surface area contributed by atoms with Gasteiger partial charge in [0.2, 0.25) is 0 Å². The van der Waals surface area contributed by atoms with Gasteiger partial charge >= 0.3 is 5.97 Å². The topological polar surface area (TPSA) is 126 Å². The largest absolute Gasteiger partial charge is 0.490 e. The number of esters is 1. The van der Waals surface area contributed by atoms with E-state index in [2.05, 4.69) is 10.1 Å². The van der Waals surface area contributed by atoms with Gasteiger partial charge in [-0.1, -0.05) is 29.8 Å². The van der Waals surface area contributed by atoms with Crippen LogP contribution in [0.3, 0.4) is 0 Å². The van der Waals surface area contributed by atoms with Crippen LogP contribution in [0.2, 0.25) is 0 Å². The molecule has 0 aliphatic carbocycles. The molecule has 5 rings (SSSR count). The molecule has 1 heterocycles. The van der Waals surface area contributed by atoms with Crippen LogP contribution in [0.25, 0.3) is 22.3 Å². The summed E-state index contributed by atoms with van der Waals surface area (Å²) in [6.07, 6.45) is 1.46. The molecule has 0 aliphatic heterocycles. The van der Waals surface area contributed by atoms with Crippen LogP contribution in [0.4, 0.5) is 5.69 Å². The first-order chi connectivity index (χ1) is 19.8. The fourth-order valence-electron chi connectivity index (χ4n) is 4.16. The maximum atomic E-state index is 13.4. The summed E-state index contributed by atoms with van der Waals surface area (Å²) in [5.41, 5.74) is 2.37. The number of ether oxygens (including phenoxy) is 2. The van der Waals surface area contributed by atoms with E-state index in [4.69, 9.17) is 9.47 Å². The van der Waals surface area contributed by atoms with Crippen molar-refractivity contribution < 1.29 is 19.2 Å². The molecule has 41 heavy (non-hydrogen) atoms. The lowest BCUT2D eigenvalue weighted by Gasteiger charge is -2.12. The SMILES string of the molecule is CCOc1cc(C=Nn2c(-c3ccc([N+](=O)[O-])cc3)nc3ccccc3c2=O)ccc1OC(=O)c1cccc(C)c1. The van der Waals surface area contributed by atoms with Gasteiger partial charge < -0.3 is 9.47 Å². The van der Waals surface area contributed by atoms with Crippen LogP contribution in [0, 0.1) is 17.0 Å². The summed E-state index contributed by atoms with van der Waals surface area (Å²) in [4.78, 5) is 41.4. The predicted octanol–water partition coefficient (Wildman–Crippen LogP) is 5.78. The highest BCUT2D eigenvalue weighted by Gasteiger charge is 2.16. The fraction of sp³-hybridized carbons (Fsp3) is 0.0968. The standard InChI is InChI=1S/C31H24N4O6/c1-3-40-28-18-21(11-16-27(28)41-31(37)23-8-6-7-20(2)17-23)19-32-34-29(22-12-14-24(15-13-22)35(38)39)33-26-10-5-4-9-25(26)30(34)36/h4-19H,3H2,1-2H3. The van der Waals surface area contributed by atoms with Gasteiger partial charge in [0.25, 0.3) is 11.2 Å². The van der Waals surface area contributed by atoms with Gasteiger partial charge in [-0.05, 0) is 74.0 Å². The Kier molecular flexibility index (Phi) is 7.64. The fourth-order valence-corrected chi connectivity index (χ4v) is 4.16. The molecule has 0 aliphatic rings. The van der Waals surface area contributed by atoms with Gasteiger partial charge in [0.05, 0.1) is 34.2 Å². The summed E-state index contributed by atoms with van der Waals surface area (Å²) in [5.74, 6) is 0.273. The van der Waals surface area contributed by atoms with Gasteiger partial charge in [-0.15, -0.1) is 0 Å². The molecule has 0 fully saturated rings. The smallest absolute Gasteiger partial charge is 0.343 e. The second-order valence-corrected chi connectivity index (χ2v) is 9.02. The highest BCUT2D eigenvalue weighted by atomic mass is 16.6. The molecule has 0 atom stereocenters. The number of aromatic nitrogens is 2. The molecule has 10 nitrogen and oxygen atoms in total. The van der Waals surface area contributed by atoms with Gasteiger partial charge in [-0.25, -0.2) is 9.78 Å². The Morgan fingerprint density at radius 1 is 1.00 bits per heavy atom. The molecule has 4 aromatic carbocycles. The monoisotopic (exact) mass is 548 g/mol. The summed E-state index contributed by atoms with van der Waals surface area (Å²) in [6.45, 7) is 4.03. The van der Waals surface area contributed by atoms with Crippen LogP contribution in [-0.2, 0) is 0 Å². The highest BCUT2D eigenvalue weighted by Crippen LogP contribution is 2.29. The molecular weight excluding hydrogens is 524 g/mol. The first kappa shape index (κ1) is 26.9. The Morgan fingerprint density at radius 2 is 1.78 bits per heavy atom. The van der Waals surface area contributed by atoms with Crippen molar-refractivity contribution in [1.29, 1.82) is 0 Å². The van der Waals surface area contributed by atoms with Crippen molar-refractivity contribution in [3.8, 4) is 22.9 Å². The van der Waals surface area contributed by atoms with Crippen molar-refractivity contribution in [3.63, 3.8) is 0 Å². The third-order valence-electron chi connectivity index (χ3n) is 6.14. The molecule has 5 aromatic rings. The molecule has 0 radical (unpaired) electrons. The average Bonchev–Trinajstić information content (AvgIpc) is 2.98. The summed E-state index contributed by atoms with van der Waals surface area (Å²) in [5, 5.41) is 15.9. The lowest BCUT2D eigenvalue weighted by atomic mass is 10.1. The summed E-state index contributed by atoms with van der Waals surface area (Å²) < 4.78 is 12.5. The molecule has 0 saturated carbocycles. The Bertz CT molecular complexity index is 1860. The van der Waals surface area contributed by atoms with E-state index in [9.17, 15) is 19.7 Å². The van der Waals surface area contributed by atoms with Crippen LogP contribution in [0.1, 0.15) is 28.4 Å². The van der Waals surface area contributed by atoms with Crippen molar-refractivity contribution in [2.24, 2.45) is 5.10 Å². The zero-order valence-corrected chi connectivity index (χ0v) is 22.2. The minimum absolute atomic E-state index is 0.0846. The number of carbonyl (C=O) groups is 1. The van der Waals surface area contributed by atoms with Crippen LogP contribution >= 0.6 is 0 Å². The molecule has 0 saturated heterocycles. The number of para-hydroxylation sites is 1. The van der Waals surface area contributed by atoms with Crippen molar-refractivity contribution in [2.45, 2.75) is 13.8 Å². The molecule has 0 spiro atoms. The number of non-ortho nitro benzene ring substituents is 1. The first-order valence-corrected chi connectivity index (χ1v) is 12.7.